The van der Waals surface area contributed by atoms with Gasteiger partial charge in [0.1, 0.15) is 171 Å². The lowest BCUT2D eigenvalue weighted by atomic mass is 9.95. The van der Waals surface area contributed by atoms with Crippen LogP contribution in [0.5, 0.6) is 0 Å². The first-order valence-corrected chi connectivity index (χ1v) is 29.6. The Hall–Kier alpha value is -2.27. The Balaban J connectivity index is 1.03. The van der Waals surface area contributed by atoms with E-state index in [-0.39, 0.29) is 19.6 Å². The number of hydrogen-bond donors (Lipinski definition) is 22. The van der Waals surface area contributed by atoms with Crippen molar-refractivity contribution in [1.29, 1.82) is 0 Å². The fourth-order valence-corrected chi connectivity index (χ4v) is 12.2. The number of ether oxygens (including phenoxy) is 14. The summed E-state index contributed by atoms with van der Waals surface area (Å²) in [6.07, 6.45) is -64.3. The van der Waals surface area contributed by atoms with Gasteiger partial charge in [-0.3, -0.25) is 4.90 Å². The molecule has 21 aliphatic rings. The Morgan fingerprint density at radius 2 is 0.600 bits per heavy atom. The van der Waals surface area contributed by atoms with Crippen molar-refractivity contribution in [2.75, 3.05) is 78.8 Å². The van der Waals surface area contributed by atoms with E-state index in [9.17, 15) is 97.0 Å². The molecule has 1 aromatic rings. The van der Waals surface area contributed by atoms with E-state index in [0.717, 1.165) is 0 Å². The Morgan fingerprint density at radius 1 is 0.344 bits per heavy atom. The van der Waals surface area contributed by atoms with Crippen LogP contribution in [0, 0.1) is 0 Å². The smallest absolute Gasteiger partial charge is 0.187 e. The quantitative estimate of drug-likeness (QED) is 0.0684. The highest BCUT2D eigenvalue weighted by Gasteiger charge is 2.59. The molecule has 39 heteroatoms. The summed E-state index contributed by atoms with van der Waals surface area (Å²) >= 11 is 0. The van der Waals surface area contributed by atoms with Crippen molar-refractivity contribution >= 4 is 0 Å². The zero-order chi connectivity index (χ0) is 65.0. The van der Waals surface area contributed by atoms with Gasteiger partial charge in [0.05, 0.1) is 45.9 Å². The minimum absolute atomic E-state index is 0.225. The van der Waals surface area contributed by atoms with E-state index in [1.807, 2.05) is 4.90 Å². The van der Waals surface area contributed by atoms with Crippen LogP contribution in [0.3, 0.4) is 0 Å². The molecule has 0 aliphatic carbocycles. The Kier molecular flexibility index (Phi) is 25.8. The largest absolute Gasteiger partial charge is 0.394 e. The highest BCUT2D eigenvalue weighted by atomic mass is 16.8. The molecular formula is C51H88N6O33. The van der Waals surface area contributed by atoms with Gasteiger partial charge in [-0.05, 0) is 0 Å². The maximum atomic E-state index is 12.0. The van der Waals surface area contributed by atoms with Crippen LogP contribution in [0.25, 0.3) is 0 Å². The molecule has 0 amide bonds. The number of nitrogens with zero attached hydrogens (tertiary/aromatic N) is 3. The van der Waals surface area contributed by atoms with Crippen molar-refractivity contribution in [3.05, 3.63) is 18.7 Å². The fraction of sp³-hybridized carbons (Fsp3) is 0.941. The molecule has 24 N–H and O–H groups in total. The summed E-state index contributed by atoms with van der Waals surface area (Å²) in [5, 5.41) is 219. The van der Waals surface area contributed by atoms with Crippen LogP contribution >= 0.6 is 0 Å². The predicted octanol–water partition coefficient (Wildman–Crippen LogP) is -15.5. The lowest BCUT2D eigenvalue weighted by Gasteiger charge is -2.50. The number of aliphatic hydroxyl groups is 19. The molecule has 35 atom stereocenters. The van der Waals surface area contributed by atoms with Crippen LogP contribution in [0.2, 0.25) is 0 Å². The summed E-state index contributed by atoms with van der Waals surface area (Å²) in [5.41, 5.74) is 11.6. The van der Waals surface area contributed by atoms with Crippen LogP contribution in [-0.2, 0) is 72.9 Å². The first kappa shape index (κ1) is 72.0. The van der Waals surface area contributed by atoms with Gasteiger partial charge < -0.3 is 185 Å². The average molecular weight is 1310 g/mol. The SMILES string of the molecule is NCCN(CCN)CCNC[C@H]1O[C@@H]2O[C@H]3[C@H](O)[C@@H](O)[C@@H](O[C@H]4[C@H](O)[C@@H](O)[C@@H](O[C@H]5[C@H](O)[C@@H](O)[C@@H](O[C@H]6[C@H](O)[C@@H](O)[C@@H](O[C@H]7[C@H](O)[C@@H](O)[C@@H](O[C@H]8[C@H](O)[C@@H](O)[C@@H](O[C@H]1[C@H](O)[C@H]2O)O[C@@H]8CO)O[C@@H]7CO)O[C@@H]6CO)O[C@@H]5CO)O[C@@H]4CO)O[C@@H]3Cn1ccnc1. The first-order chi connectivity index (χ1) is 43.1. The molecule has 22 rings (SSSR count). The number of aromatic nitrogens is 2. The molecule has 0 aromatic carbocycles. The van der Waals surface area contributed by atoms with E-state index >= 15 is 0 Å². The Morgan fingerprint density at radius 3 is 0.856 bits per heavy atom. The van der Waals surface area contributed by atoms with Crippen molar-refractivity contribution in [2.24, 2.45) is 11.5 Å². The van der Waals surface area contributed by atoms with Gasteiger partial charge in [-0.2, -0.15) is 0 Å². The van der Waals surface area contributed by atoms with Crippen LogP contribution in [0.1, 0.15) is 0 Å². The molecule has 0 saturated carbocycles. The minimum atomic E-state index is -2.21. The van der Waals surface area contributed by atoms with Crippen molar-refractivity contribution < 1.29 is 163 Å². The third-order valence-electron chi connectivity index (χ3n) is 17.2. The summed E-state index contributed by atoms with van der Waals surface area (Å²) in [5.74, 6) is 0. The van der Waals surface area contributed by atoms with Crippen molar-refractivity contribution in [3.8, 4) is 0 Å². The van der Waals surface area contributed by atoms with E-state index in [1.165, 1.54) is 23.3 Å². The van der Waals surface area contributed by atoms with Crippen LogP contribution < -0.4 is 16.8 Å². The number of imidazole rings is 1. The second-order valence-corrected chi connectivity index (χ2v) is 23.2. The topological polar surface area (TPSA) is 599 Å². The van der Waals surface area contributed by atoms with Gasteiger partial charge in [0.2, 0.25) is 0 Å². The second-order valence-electron chi connectivity index (χ2n) is 23.2. The third kappa shape index (κ3) is 15.4. The number of nitrogens with one attached hydrogen (secondary N) is 1. The summed E-state index contributed by atoms with van der Waals surface area (Å²) in [6.45, 7) is -3.51. The molecule has 90 heavy (non-hydrogen) atoms. The molecule has 520 valence electrons. The summed E-state index contributed by atoms with van der Waals surface area (Å²) < 4.78 is 84.4. The maximum absolute atomic E-state index is 12.0. The van der Waals surface area contributed by atoms with E-state index < -0.39 is 248 Å². The molecule has 21 aliphatic heterocycles. The van der Waals surface area contributed by atoms with Crippen LogP contribution in [0.15, 0.2) is 18.7 Å². The molecule has 21 saturated heterocycles. The highest BCUT2D eigenvalue weighted by Crippen LogP contribution is 2.39. The van der Waals surface area contributed by atoms with Gasteiger partial charge in [0.25, 0.3) is 0 Å². The Bertz CT molecular complexity index is 2280. The van der Waals surface area contributed by atoms with Crippen LogP contribution in [-0.4, -0.2) is 405 Å². The standard InChI is InChI=1S/C51H88N6O33/c52-1-5-56(6-2-53)7-3-54-9-17-38-24(63)31(70)45(77-17)85-39-18(10-57-8-4-55-16-57)78-46(32(71)25(39)64)86-40-19(11-58)80-48(34(73)27(40)66)88-42-21(13-60)82-50(36(75)29(42)68)90-44-23(15-62)83-51(37(76)30(44)69)89-43-22(14-61)81-49(35(74)28(43)67)87-41-20(12-59)79-47(84-38)33(72)26(41)65/h4,8,16-51,54,58-76H,1-3,5-7,9-15,52-53H2/t17-,18-,19-,20-,21-,22-,23-,24-,25-,26-,27-,28-,29-,30-,31-,32-,33-,34-,35-,36-,37-,38-,39-,40-,41-,42-,43-,44-,45-,46-,47-,48-,49-,50-,51-/m1/s1. The zero-order valence-electron chi connectivity index (χ0n) is 48.3. The molecule has 0 unspecified atom stereocenters. The number of nitrogens with two attached hydrogens (primary N) is 2. The molecule has 1 aromatic heterocycles. The van der Waals surface area contributed by atoms with Gasteiger partial charge in [0, 0.05) is 58.2 Å². The number of aliphatic hydroxyl groups excluding tert-OH is 19. The average Bonchev–Trinajstić information content (AvgIpc) is 1.03. The normalized spacial score (nSPS) is 49.2. The Labute approximate surface area is 512 Å². The zero-order valence-corrected chi connectivity index (χ0v) is 48.3. The second kappa shape index (κ2) is 32.2. The van der Waals surface area contributed by atoms with Gasteiger partial charge in [0.15, 0.2) is 44.0 Å². The van der Waals surface area contributed by atoms with Gasteiger partial charge in [-0.15, -0.1) is 0 Å². The monoisotopic (exact) mass is 1310 g/mol. The highest BCUT2D eigenvalue weighted by molar-refractivity contribution is 5.02. The molecule has 22 heterocycles. The van der Waals surface area contributed by atoms with E-state index in [0.29, 0.717) is 32.7 Å². The van der Waals surface area contributed by atoms with E-state index in [4.69, 9.17) is 77.8 Å². The fourth-order valence-electron chi connectivity index (χ4n) is 12.2. The van der Waals surface area contributed by atoms with Gasteiger partial charge in [-0.25, -0.2) is 4.98 Å². The van der Waals surface area contributed by atoms with Crippen LogP contribution in [0.4, 0.5) is 0 Å². The van der Waals surface area contributed by atoms with E-state index in [2.05, 4.69) is 10.3 Å². The minimum Gasteiger partial charge on any atom is -0.394 e. The molecule has 0 spiro atoms. The van der Waals surface area contributed by atoms with Gasteiger partial charge >= 0.3 is 0 Å². The predicted molar refractivity (Wildman–Crippen MR) is 284 cm³/mol. The molecule has 0 radical (unpaired) electrons. The number of hydrogen-bond acceptors (Lipinski definition) is 38. The lowest BCUT2D eigenvalue weighted by molar-refractivity contribution is -0.396. The first-order valence-electron chi connectivity index (χ1n) is 29.6. The van der Waals surface area contributed by atoms with Crippen molar-refractivity contribution in [3.63, 3.8) is 0 Å². The summed E-state index contributed by atoms with van der Waals surface area (Å²) in [7, 11) is 0. The summed E-state index contributed by atoms with van der Waals surface area (Å²) in [6, 6.07) is 0. The number of rotatable bonds is 16. The maximum Gasteiger partial charge on any atom is 0.187 e. The molecule has 14 bridgehead atoms. The van der Waals surface area contributed by atoms with E-state index in [1.54, 1.807) is 0 Å². The molecular weight excluding hydrogens is 1220 g/mol. The molecule has 21 fully saturated rings. The van der Waals surface area contributed by atoms with Crippen molar-refractivity contribution in [2.45, 2.75) is 221 Å². The molecule has 39 nitrogen and oxygen atoms in total. The summed E-state index contributed by atoms with van der Waals surface area (Å²) in [4.78, 5) is 5.97. The van der Waals surface area contributed by atoms with Crippen molar-refractivity contribution in [1.82, 2.24) is 19.8 Å². The third-order valence-corrected chi connectivity index (χ3v) is 17.2. The van der Waals surface area contributed by atoms with Gasteiger partial charge in [-0.1, -0.05) is 0 Å². The lowest BCUT2D eigenvalue weighted by Crippen LogP contribution is -2.68.